The SMILES string of the molecule is Cc1cc(NC(=O)C(C)SCC(=O)N(C)C2CC3CCC(C2)N3)no1. The van der Waals surface area contributed by atoms with Crippen LogP contribution in [0.5, 0.6) is 0 Å². The lowest BCUT2D eigenvalue weighted by molar-refractivity contribution is -0.129. The number of aromatic nitrogens is 1. The molecule has 8 heteroatoms. The number of nitrogens with zero attached hydrogens (tertiary/aromatic N) is 2. The zero-order valence-corrected chi connectivity index (χ0v) is 15.8. The maximum Gasteiger partial charge on any atom is 0.238 e. The van der Waals surface area contributed by atoms with Crippen LogP contribution in [0.3, 0.4) is 0 Å². The fourth-order valence-corrected chi connectivity index (χ4v) is 4.38. The monoisotopic (exact) mass is 366 g/mol. The van der Waals surface area contributed by atoms with Crippen molar-refractivity contribution in [3.63, 3.8) is 0 Å². The second kappa shape index (κ2) is 7.78. The number of carbonyl (C=O) groups is 2. The number of hydrogen-bond donors (Lipinski definition) is 2. The van der Waals surface area contributed by atoms with Gasteiger partial charge in [0.1, 0.15) is 5.76 Å². The Bertz CT molecular complexity index is 623. The van der Waals surface area contributed by atoms with Crippen LogP contribution in [-0.4, -0.2) is 58.0 Å². The second-order valence-corrected chi connectivity index (χ2v) is 8.36. The van der Waals surface area contributed by atoms with Crippen molar-refractivity contribution in [2.75, 3.05) is 18.1 Å². The van der Waals surface area contributed by atoms with E-state index in [0.29, 0.717) is 35.5 Å². The Morgan fingerprint density at radius 3 is 2.72 bits per heavy atom. The number of fused-ring (bicyclic) bond motifs is 2. The Balaban J connectivity index is 1.43. The molecular weight excluding hydrogens is 340 g/mol. The summed E-state index contributed by atoms with van der Waals surface area (Å²) in [7, 11) is 1.89. The van der Waals surface area contributed by atoms with Gasteiger partial charge in [-0.15, -0.1) is 11.8 Å². The third kappa shape index (κ3) is 4.55. The quantitative estimate of drug-likeness (QED) is 0.798. The minimum Gasteiger partial charge on any atom is -0.360 e. The van der Waals surface area contributed by atoms with E-state index in [1.165, 1.54) is 24.6 Å². The normalized spacial score (nSPS) is 26.3. The first-order valence-electron chi connectivity index (χ1n) is 8.80. The molecule has 3 heterocycles. The summed E-state index contributed by atoms with van der Waals surface area (Å²) in [6, 6.07) is 3.10. The van der Waals surface area contributed by atoms with Crippen molar-refractivity contribution in [1.82, 2.24) is 15.4 Å². The van der Waals surface area contributed by atoms with Crippen LogP contribution < -0.4 is 10.6 Å². The number of anilines is 1. The van der Waals surface area contributed by atoms with Gasteiger partial charge < -0.3 is 20.1 Å². The predicted molar refractivity (Wildman–Crippen MR) is 97.5 cm³/mol. The lowest BCUT2D eigenvalue weighted by Crippen LogP contribution is -2.49. The van der Waals surface area contributed by atoms with Crippen molar-refractivity contribution < 1.29 is 14.1 Å². The molecule has 2 aliphatic rings. The van der Waals surface area contributed by atoms with E-state index in [2.05, 4.69) is 15.8 Å². The minimum absolute atomic E-state index is 0.0910. The van der Waals surface area contributed by atoms with Crippen LogP contribution in [0.2, 0.25) is 0 Å². The molecule has 1 aromatic heterocycles. The van der Waals surface area contributed by atoms with Crippen molar-refractivity contribution in [2.45, 2.75) is 62.9 Å². The summed E-state index contributed by atoms with van der Waals surface area (Å²) in [4.78, 5) is 26.5. The number of thioether (sulfide) groups is 1. The summed E-state index contributed by atoms with van der Waals surface area (Å²) in [5.74, 6) is 1.27. The summed E-state index contributed by atoms with van der Waals surface area (Å²) in [5, 5.41) is 9.71. The highest BCUT2D eigenvalue weighted by Gasteiger charge is 2.36. The van der Waals surface area contributed by atoms with Crippen molar-refractivity contribution in [3.8, 4) is 0 Å². The minimum atomic E-state index is -0.335. The van der Waals surface area contributed by atoms with Gasteiger partial charge in [-0.25, -0.2) is 0 Å². The van der Waals surface area contributed by atoms with Crippen LogP contribution in [0.25, 0.3) is 0 Å². The average molecular weight is 366 g/mol. The maximum absolute atomic E-state index is 12.5. The molecule has 3 atom stereocenters. The van der Waals surface area contributed by atoms with Gasteiger partial charge in [-0.05, 0) is 39.5 Å². The molecule has 7 nitrogen and oxygen atoms in total. The average Bonchev–Trinajstić information content (AvgIpc) is 3.15. The Morgan fingerprint density at radius 2 is 2.12 bits per heavy atom. The number of rotatable bonds is 6. The fourth-order valence-electron chi connectivity index (χ4n) is 3.57. The number of carbonyl (C=O) groups excluding carboxylic acids is 2. The maximum atomic E-state index is 12.5. The molecule has 138 valence electrons. The first kappa shape index (κ1) is 18.3. The third-order valence-electron chi connectivity index (χ3n) is 5.09. The van der Waals surface area contributed by atoms with Gasteiger partial charge in [0, 0.05) is 31.2 Å². The molecule has 3 rings (SSSR count). The van der Waals surface area contributed by atoms with E-state index in [9.17, 15) is 9.59 Å². The molecule has 2 amide bonds. The van der Waals surface area contributed by atoms with Gasteiger partial charge in [-0.3, -0.25) is 9.59 Å². The molecule has 2 saturated heterocycles. The van der Waals surface area contributed by atoms with Crippen LogP contribution in [0.15, 0.2) is 10.6 Å². The first-order valence-corrected chi connectivity index (χ1v) is 9.84. The molecule has 0 aromatic carbocycles. The van der Waals surface area contributed by atoms with E-state index in [0.717, 1.165) is 12.8 Å². The molecule has 3 unspecified atom stereocenters. The van der Waals surface area contributed by atoms with Crippen LogP contribution in [0.4, 0.5) is 5.82 Å². The predicted octanol–water partition coefficient (Wildman–Crippen LogP) is 1.78. The molecule has 2 fully saturated rings. The Kier molecular flexibility index (Phi) is 5.68. The molecule has 25 heavy (non-hydrogen) atoms. The fraction of sp³-hybridized carbons (Fsp3) is 0.706. The Labute approximate surface area is 152 Å². The first-order chi connectivity index (χ1) is 11.9. The van der Waals surface area contributed by atoms with Gasteiger partial charge in [0.15, 0.2) is 5.82 Å². The molecule has 0 saturated carbocycles. The molecule has 0 radical (unpaired) electrons. The highest BCUT2D eigenvalue weighted by molar-refractivity contribution is 8.01. The summed E-state index contributed by atoms with van der Waals surface area (Å²) in [6.45, 7) is 3.56. The van der Waals surface area contributed by atoms with Crippen LogP contribution >= 0.6 is 11.8 Å². The van der Waals surface area contributed by atoms with E-state index in [1.54, 1.807) is 19.9 Å². The van der Waals surface area contributed by atoms with Gasteiger partial charge in [0.25, 0.3) is 0 Å². The Hall–Kier alpha value is -1.54. The zero-order chi connectivity index (χ0) is 18.0. The molecule has 0 spiro atoms. The largest absolute Gasteiger partial charge is 0.360 e. The molecule has 2 bridgehead atoms. The van der Waals surface area contributed by atoms with Crippen molar-refractivity contribution >= 4 is 29.4 Å². The third-order valence-corrected chi connectivity index (χ3v) is 6.22. The number of aryl methyl sites for hydroxylation is 1. The summed E-state index contributed by atoms with van der Waals surface area (Å²) >= 11 is 1.35. The highest BCUT2D eigenvalue weighted by Crippen LogP contribution is 2.29. The lowest BCUT2D eigenvalue weighted by atomic mass is 9.98. The number of nitrogens with one attached hydrogen (secondary N) is 2. The topological polar surface area (TPSA) is 87.5 Å². The van der Waals surface area contributed by atoms with Gasteiger partial charge in [0.2, 0.25) is 11.8 Å². The van der Waals surface area contributed by atoms with Gasteiger partial charge >= 0.3 is 0 Å². The van der Waals surface area contributed by atoms with E-state index in [4.69, 9.17) is 4.52 Å². The van der Waals surface area contributed by atoms with Crippen molar-refractivity contribution in [2.24, 2.45) is 0 Å². The standard InChI is InChI=1S/C17H26N4O3S/c1-10-6-15(20-24-10)19-17(23)11(2)25-9-16(22)21(3)14-7-12-4-5-13(8-14)18-12/h6,11-14,18H,4-5,7-9H2,1-3H3,(H,19,20,23). The Morgan fingerprint density at radius 1 is 1.44 bits per heavy atom. The smallest absolute Gasteiger partial charge is 0.238 e. The number of hydrogen-bond acceptors (Lipinski definition) is 6. The molecule has 0 aliphatic carbocycles. The van der Waals surface area contributed by atoms with E-state index in [1.807, 2.05) is 11.9 Å². The van der Waals surface area contributed by atoms with E-state index < -0.39 is 0 Å². The van der Waals surface area contributed by atoms with Crippen molar-refractivity contribution in [3.05, 3.63) is 11.8 Å². The molecule has 1 aromatic rings. The lowest BCUT2D eigenvalue weighted by Gasteiger charge is -2.35. The summed E-state index contributed by atoms with van der Waals surface area (Å²) in [5.41, 5.74) is 0. The molecule has 2 N–H and O–H groups in total. The van der Waals surface area contributed by atoms with E-state index >= 15 is 0 Å². The summed E-state index contributed by atoms with van der Waals surface area (Å²) in [6.07, 6.45) is 4.50. The van der Waals surface area contributed by atoms with Crippen LogP contribution in [-0.2, 0) is 9.59 Å². The molecular formula is C17H26N4O3S. The highest BCUT2D eigenvalue weighted by atomic mass is 32.2. The number of piperidine rings is 1. The van der Waals surface area contributed by atoms with Gasteiger partial charge in [-0.1, -0.05) is 5.16 Å². The van der Waals surface area contributed by atoms with Crippen LogP contribution in [0, 0.1) is 6.92 Å². The summed E-state index contributed by atoms with van der Waals surface area (Å²) < 4.78 is 4.93. The zero-order valence-electron chi connectivity index (χ0n) is 14.9. The van der Waals surface area contributed by atoms with Crippen LogP contribution in [0.1, 0.15) is 38.4 Å². The van der Waals surface area contributed by atoms with Gasteiger partial charge in [0.05, 0.1) is 11.0 Å². The molecule has 2 aliphatic heterocycles. The van der Waals surface area contributed by atoms with E-state index in [-0.39, 0.29) is 17.1 Å². The van der Waals surface area contributed by atoms with Crippen molar-refractivity contribution in [1.29, 1.82) is 0 Å². The number of amides is 2. The van der Waals surface area contributed by atoms with Gasteiger partial charge in [-0.2, -0.15) is 0 Å². The second-order valence-electron chi connectivity index (χ2n) is 7.03.